The van der Waals surface area contributed by atoms with Crippen molar-refractivity contribution in [3.63, 3.8) is 0 Å². The van der Waals surface area contributed by atoms with Crippen molar-refractivity contribution in [1.29, 1.82) is 5.41 Å². The van der Waals surface area contributed by atoms with Crippen molar-refractivity contribution in [2.24, 2.45) is 11.8 Å². The Bertz CT molecular complexity index is 491. The van der Waals surface area contributed by atoms with Crippen LogP contribution in [-0.4, -0.2) is 42.1 Å². The lowest BCUT2D eigenvalue weighted by molar-refractivity contribution is -0.132. The zero-order valence-corrected chi connectivity index (χ0v) is 13.4. The molecule has 0 aromatic heterocycles. The molecule has 4 atom stereocenters. The van der Waals surface area contributed by atoms with Gasteiger partial charge in [-0.3, -0.25) is 15.1 Å². The first-order valence-corrected chi connectivity index (χ1v) is 7.80. The maximum atomic E-state index is 12.7. The van der Waals surface area contributed by atoms with Gasteiger partial charge in [0.25, 0.3) is 0 Å². The van der Waals surface area contributed by atoms with Crippen LogP contribution >= 0.6 is 0 Å². The molecule has 2 rings (SSSR count). The highest BCUT2D eigenvalue weighted by Gasteiger charge is 2.49. The molecule has 0 spiro atoms. The zero-order chi connectivity index (χ0) is 16.3. The topological polar surface area (TPSA) is 65.4 Å². The highest BCUT2D eigenvalue weighted by atomic mass is 16.5. The Morgan fingerprint density at radius 1 is 1.73 bits per heavy atom. The second kappa shape index (κ2) is 6.53. The number of hydrogen-bond donors (Lipinski definition) is 2. The smallest absolute Gasteiger partial charge is 0.232 e. The Hall–Kier alpha value is -1.80. The van der Waals surface area contributed by atoms with Crippen molar-refractivity contribution in [3.8, 4) is 12.3 Å². The van der Waals surface area contributed by atoms with Gasteiger partial charge in [-0.15, -0.1) is 13.0 Å². The van der Waals surface area contributed by atoms with Crippen molar-refractivity contribution < 1.29 is 9.53 Å². The summed E-state index contributed by atoms with van der Waals surface area (Å²) in [5.74, 6) is 3.49. The van der Waals surface area contributed by atoms with Gasteiger partial charge in [0.2, 0.25) is 5.91 Å². The molecule has 5 heteroatoms. The Morgan fingerprint density at radius 3 is 2.91 bits per heavy atom. The van der Waals surface area contributed by atoms with Crippen molar-refractivity contribution >= 4 is 11.9 Å². The molecule has 0 radical (unpaired) electrons. The molecule has 1 saturated heterocycles. The van der Waals surface area contributed by atoms with Crippen molar-refractivity contribution in [3.05, 3.63) is 12.7 Å². The minimum Gasteiger partial charge on any atom is -0.385 e. The van der Waals surface area contributed by atoms with E-state index in [2.05, 4.69) is 17.8 Å². The second-order valence-electron chi connectivity index (χ2n) is 6.14. The van der Waals surface area contributed by atoms with Gasteiger partial charge in [0, 0.05) is 19.8 Å². The number of rotatable bonds is 7. The first-order valence-electron chi connectivity index (χ1n) is 7.80. The van der Waals surface area contributed by atoms with Gasteiger partial charge in [-0.1, -0.05) is 18.9 Å². The molecule has 2 N–H and O–H groups in total. The average Bonchev–Trinajstić information content (AvgIpc) is 3.29. The highest BCUT2D eigenvalue weighted by Crippen LogP contribution is 2.45. The van der Waals surface area contributed by atoms with Crippen LogP contribution in [0.3, 0.4) is 0 Å². The van der Waals surface area contributed by atoms with Crippen LogP contribution < -0.4 is 5.32 Å². The number of guanidine groups is 1. The van der Waals surface area contributed by atoms with E-state index in [9.17, 15) is 4.79 Å². The summed E-state index contributed by atoms with van der Waals surface area (Å²) in [7, 11) is 1.65. The monoisotopic (exact) mass is 303 g/mol. The molecule has 1 saturated carbocycles. The lowest BCUT2D eigenvalue weighted by atomic mass is 9.89. The molecule has 0 aromatic carbocycles. The van der Waals surface area contributed by atoms with Gasteiger partial charge in [0.05, 0.1) is 6.42 Å². The molecular formula is C17H25N3O2. The number of allylic oxidation sites excluding steroid dienone is 1. The summed E-state index contributed by atoms with van der Waals surface area (Å²) < 4.78 is 5.18. The number of methoxy groups -OCH3 is 1. The van der Waals surface area contributed by atoms with Gasteiger partial charge >= 0.3 is 0 Å². The Kier molecular flexibility index (Phi) is 4.92. The van der Waals surface area contributed by atoms with Gasteiger partial charge in [-0.05, 0) is 31.1 Å². The van der Waals surface area contributed by atoms with E-state index in [4.69, 9.17) is 16.6 Å². The molecule has 1 aliphatic carbocycles. The predicted octanol–water partition coefficient (Wildman–Crippen LogP) is 1.75. The van der Waals surface area contributed by atoms with E-state index >= 15 is 0 Å². The Balaban J connectivity index is 2.18. The largest absolute Gasteiger partial charge is 0.385 e. The van der Waals surface area contributed by atoms with E-state index in [1.165, 1.54) is 0 Å². The standard InChI is InChI=1S/C17H25N3O2/c1-5-12-10-13(12)14(8-9-22-4)20-15(21)11-17(6-2,7-3)19-16(20)18/h2,5,12-14H,1,7-11H2,3-4H3,(H2,18,19)/t12-,13-,14?,17-/m1/s1. The van der Waals surface area contributed by atoms with Gasteiger partial charge in [0.15, 0.2) is 5.96 Å². The van der Waals surface area contributed by atoms with Crippen LogP contribution in [0.15, 0.2) is 12.7 Å². The lowest BCUT2D eigenvalue weighted by Crippen LogP contribution is -2.64. The Labute approximate surface area is 132 Å². The number of hydrogen-bond acceptors (Lipinski definition) is 3. The van der Waals surface area contributed by atoms with E-state index < -0.39 is 5.54 Å². The molecule has 120 valence electrons. The number of amides is 1. The lowest BCUT2D eigenvalue weighted by Gasteiger charge is -2.43. The van der Waals surface area contributed by atoms with Crippen LogP contribution in [-0.2, 0) is 9.53 Å². The highest BCUT2D eigenvalue weighted by molar-refractivity contribution is 6.00. The van der Waals surface area contributed by atoms with Crippen LogP contribution in [0.5, 0.6) is 0 Å². The average molecular weight is 303 g/mol. The molecule has 22 heavy (non-hydrogen) atoms. The van der Waals surface area contributed by atoms with Gasteiger partial charge < -0.3 is 10.1 Å². The summed E-state index contributed by atoms with van der Waals surface area (Å²) in [4.78, 5) is 14.2. The number of nitrogens with one attached hydrogen (secondary N) is 2. The SMILES string of the molecule is C#C[C@@]1(CC)CC(=O)N(C(CCOC)[C@@H]2C[C@H]2C=C)C(=N)N1. The van der Waals surface area contributed by atoms with E-state index in [1.807, 2.05) is 13.0 Å². The molecule has 1 aliphatic heterocycles. The zero-order valence-electron chi connectivity index (χ0n) is 13.4. The minimum atomic E-state index is -0.724. The van der Waals surface area contributed by atoms with Crippen LogP contribution in [0.2, 0.25) is 0 Å². The quantitative estimate of drug-likeness (QED) is 0.556. The number of carbonyl (C=O) groups excluding carboxylic acids is 1. The van der Waals surface area contributed by atoms with Crippen molar-refractivity contribution in [1.82, 2.24) is 10.2 Å². The fourth-order valence-corrected chi connectivity index (χ4v) is 3.27. The summed E-state index contributed by atoms with van der Waals surface area (Å²) in [6, 6.07) is -0.0249. The van der Waals surface area contributed by atoms with Gasteiger partial charge in [0.1, 0.15) is 5.54 Å². The summed E-state index contributed by atoms with van der Waals surface area (Å²) in [5, 5.41) is 11.3. The van der Waals surface area contributed by atoms with E-state index in [-0.39, 0.29) is 24.3 Å². The summed E-state index contributed by atoms with van der Waals surface area (Å²) >= 11 is 0. The summed E-state index contributed by atoms with van der Waals surface area (Å²) in [5.41, 5.74) is -0.724. The van der Waals surface area contributed by atoms with E-state index in [1.54, 1.807) is 12.0 Å². The molecule has 2 fully saturated rings. The fourth-order valence-electron chi connectivity index (χ4n) is 3.27. The Morgan fingerprint density at radius 2 is 2.45 bits per heavy atom. The van der Waals surface area contributed by atoms with Crippen molar-refractivity contribution in [2.45, 2.75) is 44.2 Å². The van der Waals surface area contributed by atoms with Crippen LogP contribution in [0, 0.1) is 29.6 Å². The normalized spacial score (nSPS) is 32.1. The summed E-state index contributed by atoms with van der Waals surface area (Å²) in [6.07, 6.45) is 10.1. The van der Waals surface area contributed by atoms with Gasteiger partial charge in [-0.25, -0.2) is 0 Å². The fraction of sp³-hybridized carbons (Fsp3) is 0.647. The minimum absolute atomic E-state index is 0.0249. The third-order valence-corrected chi connectivity index (χ3v) is 4.84. The molecule has 0 bridgehead atoms. The van der Waals surface area contributed by atoms with E-state index in [0.29, 0.717) is 24.9 Å². The van der Waals surface area contributed by atoms with Crippen LogP contribution in [0.25, 0.3) is 0 Å². The number of nitrogens with zero attached hydrogens (tertiary/aromatic N) is 1. The van der Waals surface area contributed by atoms with Crippen LogP contribution in [0.1, 0.15) is 32.6 Å². The van der Waals surface area contributed by atoms with Crippen LogP contribution in [0.4, 0.5) is 0 Å². The maximum Gasteiger partial charge on any atom is 0.232 e. The summed E-state index contributed by atoms with van der Waals surface area (Å²) in [6.45, 7) is 6.33. The molecule has 0 aromatic rings. The number of terminal acetylenes is 1. The van der Waals surface area contributed by atoms with E-state index in [0.717, 1.165) is 12.8 Å². The predicted molar refractivity (Wildman–Crippen MR) is 86.3 cm³/mol. The van der Waals surface area contributed by atoms with Crippen molar-refractivity contribution in [2.75, 3.05) is 13.7 Å². The first-order chi connectivity index (χ1) is 10.5. The van der Waals surface area contributed by atoms with Gasteiger partial charge in [-0.2, -0.15) is 0 Å². The molecule has 5 nitrogen and oxygen atoms in total. The molecule has 1 heterocycles. The third-order valence-electron chi connectivity index (χ3n) is 4.84. The first kappa shape index (κ1) is 16.6. The molecular weight excluding hydrogens is 278 g/mol. The second-order valence-corrected chi connectivity index (χ2v) is 6.14. The molecule has 2 aliphatic rings. The third kappa shape index (κ3) is 3.02. The maximum absolute atomic E-state index is 12.7. The number of carbonyl (C=O) groups is 1. The number of ether oxygens (including phenoxy) is 1. The molecule has 1 unspecified atom stereocenters. The molecule has 1 amide bonds.